The normalized spacial score (nSPS) is 10.1. The van der Waals surface area contributed by atoms with Gasteiger partial charge in [0.25, 0.3) is 0 Å². The van der Waals surface area contributed by atoms with Crippen LogP contribution in [0, 0.1) is 6.92 Å². The van der Waals surface area contributed by atoms with Gasteiger partial charge in [0.2, 0.25) is 0 Å². The summed E-state index contributed by atoms with van der Waals surface area (Å²) in [5.41, 5.74) is 2.42. The third-order valence-corrected chi connectivity index (χ3v) is 2.20. The van der Waals surface area contributed by atoms with Gasteiger partial charge in [-0.25, -0.2) is 4.79 Å². The van der Waals surface area contributed by atoms with E-state index in [0.29, 0.717) is 12.2 Å². The van der Waals surface area contributed by atoms with Crippen molar-refractivity contribution < 1.29 is 9.53 Å². The van der Waals surface area contributed by atoms with E-state index >= 15 is 0 Å². The lowest BCUT2D eigenvalue weighted by atomic mass is 10.0. The third kappa shape index (κ3) is 2.78. The van der Waals surface area contributed by atoms with E-state index in [-0.39, 0.29) is 5.97 Å². The van der Waals surface area contributed by atoms with Crippen molar-refractivity contribution in [1.29, 1.82) is 0 Å². The first-order valence-corrected chi connectivity index (χ1v) is 5.32. The molecule has 0 atom stereocenters. The van der Waals surface area contributed by atoms with Gasteiger partial charge in [0.15, 0.2) is 0 Å². The number of aromatic nitrogens is 1. The molecule has 0 aliphatic heterocycles. The summed E-state index contributed by atoms with van der Waals surface area (Å²) < 4.78 is 5.02. The van der Waals surface area contributed by atoms with Crippen molar-refractivity contribution in [2.45, 2.75) is 33.6 Å². The Kier molecular flexibility index (Phi) is 4.28. The second-order valence-corrected chi connectivity index (χ2v) is 3.42. The standard InChI is InChI=1S/C12H17NO2/c1-4-6-10-11(12(14)15-5-2)9(3)7-8-13-10/h7-8H,4-6H2,1-3H3. The van der Waals surface area contributed by atoms with E-state index in [1.54, 1.807) is 6.20 Å². The molecule has 0 unspecified atom stereocenters. The number of hydrogen-bond donors (Lipinski definition) is 0. The number of rotatable bonds is 4. The van der Waals surface area contributed by atoms with Gasteiger partial charge in [-0.05, 0) is 31.9 Å². The van der Waals surface area contributed by atoms with Gasteiger partial charge in [-0.3, -0.25) is 4.98 Å². The summed E-state index contributed by atoms with van der Waals surface area (Å²) >= 11 is 0. The first kappa shape index (κ1) is 11.7. The lowest BCUT2D eigenvalue weighted by Gasteiger charge is -2.09. The molecule has 3 nitrogen and oxygen atoms in total. The maximum Gasteiger partial charge on any atom is 0.340 e. The van der Waals surface area contributed by atoms with Crippen LogP contribution >= 0.6 is 0 Å². The Morgan fingerprint density at radius 1 is 1.47 bits per heavy atom. The van der Waals surface area contributed by atoms with E-state index in [0.717, 1.165) is 24.1 Å². The van der Waals surface area contributed by atoms with E-state index in [9.17, 15) is 4.79 Å². The number of pyridine rings is 1. The van der Waals surface area contributed by atoms with Crippen LogP contribution in [-0.2, 0) is 11.2 Å². The molecule has 1 heterocycles. The summed E-state index contributed by atoms with van der Waals surface area (Å²) in [4.78, 5) is 15.9. The molecule has 0 N–H and O–H groups in total. The molecule has 1 aromatic heterocycles. The highest BCUT2D eigenvalue weighted by Crippen LogP contribution is 2.14. The highest BCUT2D eigenvalue weighted by molar-refractivity contribution is 5.92. The summed E-state index contributed by atoms with van der Waals surface area (Å²) in [7, 11) is 0. The lowest BCUT2D eigenvalue weighted by Crippen LogP contribution is -2.11. The van der Waals surface area contributed by atoms with Gasteiger partial charge in [0, 0.05) is 6.20 Å². The maximum atomic E-state index is 11.7. The molecule has 0 radical (unpaired) electrons. The van der Waals surface area contributed by atoms with Gasteiger partial charge in [0.1, 0.15) is 0 Å². The zero-order valence-corrected chi connectivity index (χ0v) is 9.54. The second kappa shape index (κ2) is 5.49. The number of carbonyl (C=O) groups excluding carboxylic acids is 1. The molecule has 1 rings (SSSR count). The molecule has 0 bridgehead atoms. The van der Waals surface area contributed by atoms with E-state index < -0.39 is 0 Å². The molecular weight excluding hydrogens is 190 g/mol. The molecule has 0 saturated carbocycles. The molecule has 0 amide bonds. The fourth-order valence-corrected chi connectivity index (χ4v) is 1.52. The Bertz CT molecular complexity index is 347. The van der Waals surface area contributed by atoms with Crippen molar-refractivity contribution in [2.24, 2.45) is 0 Å². The van der Waals surface area contributed by atoms with E-state index in [2.05, 4.69) is 11.9 Å². The molecule has 0 aliphatic rings. The number of carbonyl (C=O) groups is 1. The van der Waals surface area contributed by atoms with Gasteiger partial charge in [-0.2, -0.15) is 0 Å². The van der Waals surface area contributed by atoms with Crippen molar-refractivity contribution >= 4 is 5.97 Å². The van der Waals surface area contributed by atoms with Crippen molar-refractivity contribution in [2.75, 3.05) is 6.61 Å². The third-order valence-electron chi connectivity index (χ3n) is 2.20. The van der Waals surface area contributed by atoms with Gasteiger partial charge in [-0.15, -0.1) is 0 Å². The zero-order valence-electron chi connectivity index (χ0n) is 9.54. The van der Waals surface area contributed by atoms with Crippen molar-refractivity contribution in [3.05, 3.63) is 29.1 Å². The first-order chi connectivity index (χ1) is 7.20. The van der Waals surface area contributed by atoms with E-state index in [1.807, 2.05) is 19.9 Å². The van der Waals surface area contributed by atoms with Crippen LogP contribution in [0.3, 0.4) is 0 Å². The van der Waals surface area contributed by atoms with Crippen LogP contribution in [0.5, 0.6) is 0 Å². The Balaban J connectivity index is 3.06. The smallest absolute Gasteiger partial charge is 0.340 e. The molecule has 82 valence electrons. The van der Waals surface area contributed by atoms with Crippen molar-refractivity contribution in [1.82, 2.24) is 4.98 Å². The van der Waals surface area contributed by atoms with E-state index in [1.165, 1.54) is 0 Å². The fraction of sp³-hybridized carbons (Fsp3) is 0.500. The topological polar surface area (TPSA) is 39.2 Å². The van der Waals surface area contributed by atoms with Crippen LogP contribution in [0.2, 0.25) is 0 Å². The molecule has 3 heteroatoms. The quantitative estimate of drug-likeness (QED) is 0.712. The number of aryl methyl sites for hydroxylation is 2. The van der Waals surface area contributed by atoms with Crippen LogP contribution in [0.4, 0.5) is 0 Å². The molecule has 0 saturated heterocycles. The van der Waals surface area contributed by atoms with Crippen LogP contribution in [0.25, 0.3) is 0 Å². The second-order valence-electron chi connectivity index (χ2n) is 3.42. The van der Waals surface area contributed by atoms with Crippen LogP contribution in [0.15, 0.2) is 12.3 Å². The molecule has 15 heavy (non-hydrogen) atoms. The van der Waals surface area contributed by atoms with Gasteiger partial charge < -0.3 is 4.74 Å². The predicted molar refractivity (Wildman–Crippen MR) is 58.9 cm³/mol. The van der Waals surface area contributed by atoms with Crippen LogP contribution < -0.4 is 0 Å². The Labute approximate surface area is 90.5 Å². The Morgan fingerprint density at radius 3 is 2.80 bits per heavy atom. The summed E-state index contributed by atoms with van der Waals surface area (Å²) in [5.74, 6) is -0.258. The molecule has 0 spiro atoms. The number of esters is 1. The Hall–Kier alpha value is -1.38. The van der Waals surface area contributed by atoms with Crippen LogP contribution in [-0.4, -0.2) is 17.6 Å². The van der Waals surface area contributed by atoms with Gasteiger partial charge in [0.05, 0.1) is 17.9 Å². The average Bonchev–Trinajstić information content (AvgIpc) is 2.18. The molecule has 0 aromatic carbocycles. The molecule has 0 aliphatic carbocycles. The first-order valence-electron chi connectivity index (χ1n) is 5.32. The highest BCUT2D eigenvalue weighted by atomic mass is 16.5. The Morgan fingerprint density at radius 2 is 2.20 bits per heavy atom. The molecule has 1 aromatic rings. The largest absolute Gasteiger partial charge is 0.462 e. The number of nitrogens with zero attached hydrogens (tertiary/aromatic N) is 1. The minimum Gasteiger partial charge on any atom is -0.462 e. The van der Waals surface area contributed by atoms with Crippen molar-refractivity contribution in [3.63, 3.8) is 0 Å². The zero-order chi connectivity index (χ0) is 11.3. The minimum absolute atomic E-state index is 0.258. The van der Waals surface area contributed by atoms with E-state index in [4.69, 9.17) is 4.74 Å². The number of hydrogen-bond acceptors (Lipinski definition) is 3. The monoisotopic (exact) mass is 207 g/mol. The molecule has 0 fully saturated rings. The highest BCUT2D eigenvalue weighted by Gasteiger charge is 2.15. The predicted octanol–water partition coefficient (Wildman–Crippen LogP) is 2.52. The summed E-state index contributed by atoms with van der Waals surface area (Å²) in [6.45, 7) is 6.19. The number of ether oxygens (including phenoxy) is 1. The minimum atomic E-state index is -0.258. The van der Waals surface area contributed by atoms with Crippen LogP contribution in [0.1, 0.15) is 41.9 Å². The summed E-state index contributed by atoms with van der Waals surface area (Å²) in [5, 5.41) is 0. The van der Waals surface area contributed by atoms with Crippen molar-refractivity contribution in [3.8, 4) is 0 Å². The lowest BCUT2D eigenvalue weighted by molar-refractivity contribution is 0.0523. The fourth-order valence-electron chi connectivity index (χ4n) is 1.52. The average molecular weight is 207 g/mol. The summed E-state index contributed by atoms with van der Waals surface area (Å²) in [6.07, 6.45) is 3.53. The molecular formula is C12H17NO2. The van der Waals surface area contributed by atoms with Gasteiger partial charge in [-0.1, -0.05) is 13.3 Å². The van der Waals surface area contributed by atoms with Gasteiger partial charge >= 0.3 is 5.97 Å². The SMILES string of the molecule is CCCc1nccc(C)c1C(=O)OCC. The summed E-state index contributed by atoms with van der Waals surface area (Å²) in [6, 6.07) is 1.84. The maximum absolute atomic E-state index is 11.7.